The molecule has 3 amide bonds. The van der Waals surface area contributed by atoms with Crippen LogP contribution in [-0.2, 0) is 20.8 Å². The summed E-state index contributed by atoms with van der Waals surface area (Å²) < 4.78 is 0. The van der Waals surface area contributed by atoms with Crippen LogP contribution in [0.25, 0.3) is 0 Å². The molecule has 2 aromatic carbocycles. The van der Waals surface area contributed by atoms with Crippen molar-refractivity contribution in [2.45, 2.75) is 25.7 Å². The van der Waals surface area contributed by atoms with Gasteiger partial charge < -0.3 is 15.5 Å². The van der Waals surface area contributed by atoms with E-state index in [0.29, 0.717) is 12.2 Å². The number of amides is 3. The van der Waals surface area contributed by atoms with E-state index >= 15 is 0 Å². The highest BCUT2D eigenvalue weighted by molar-refractivity contribution is 6.43. The molecular formula is C21H20N4O5. The van der Waals surface area contributed by atoms with Gasteiger partial charge in [-0.25, -0.2) is 0 Å². The standard InChI is InChI=1S/C21H20N4O5/c26-19(22-15-7-9-17(10-8-15)25(29)30)20(27)23-16-6-5-13-2-1-11-24(18(13)12-16)21(28)14-3-4-14/h5-10,12,14H,1-4,11H2,(H,22,26)(H,23,27). The Morgan fingerprint density at radius 2 is 1.60 bits per heavy atom. The minimum Gasteiger partial charge on any atom is -0.318 e. The highest BCUT2D eigenvalue weighted by Gasteiger charge is 2.35. The Morgan fingerprint density at radius 1 is 0.967 bits per heavy atom. The van der Waals surface area contributed by atoms with Crippen LogP contribution in [0.15, 0.2) is 42.5 Å². The molecule has 154 valence electrons. The van der Waals surface area contributed by atoms with Crippen LogP contribution in [0.2, 0.25) is 0 Å². The van der Waals surface area contributed by atoms with Gasteiger partial charge in [-0.3, -0.25) is 24.5 Å². The molecule has 0 bridgehead atoms. The van der Waals surface area contributed by atoms with Gasteiger partial charge in [-0.05, 0) is 55.5 Å². The van der Waals surface area contributed by atoms with E-state index in [-0.39, 0.29) is 23.2 Å². The summed E-state index contributed by atoms with van der Waals surface area (Å²) in [6.45, 7) is 0.653. The Bertz CT molecular complexity index is 1030. The van der Waals surface area contributed by atoms with Crippen molar-refractivity contribution in [1.82, 2.24) is 0 Å². The Morgan fingerprint density at radius 3 is 2.23 bits per heavy atom. The molecular weight excluding hydrogens is 388 g/mol. The van der Waals surface area contributed by atoms with Crippen LogP contribution in [0.1, 0.15) is 24.8 Å². The molecule has 2 aromatic rings. The number of nitro benzene ring substituents is 1. The SMILES string of the molecule is O=C(Nc1ccc([N+](=O)[O-])cc1)C(=O)Nc1ccc2c(c1)N(C(=O)C1CC1)CCC2. The van der Waals surface area contributed by atoms with Crippen LogP contribution < -0.4 is 15.5 Å². The first-order valence-corrected chi connectivity index (χ1v) is 9.73. The van der Waals surface area contributed by atoms with E-state index in [1.165, 1.54) is 24.3 Å². The zero-order chi connectivity index (χ0) is 21.3. The van der Waals surface area contributed by atoms with Crippen LogP contribution in [0, 0.1) is 16.0 Å². The van der Waals surface area contributed by atoms with Gasteiger partial charge in [0.25, 0.3) is 5.69 Å². The van der Waals surface area contributed by atoms with Gasteiger partial charge in [0.15, 0.2) is 0 Å². The molecule has 1 aliphatic carbocycles. The third-order valence-electron chi connectivity index (χ3n) is 5.20. The lowest BCUT2D eigenvalue weighted by Gasteiger charge is -2.30. The fourth-order valence-electron chi connectivity index (χ4n) is 3.47. The maximum absolute atomic E-state index is 12.6. The van der Waals surface area contributed by atoms with Crippen molar-refractivity contribution in [2.24, 2.45) is 5.92 Å². The summed E-state index contributed by atoms with van der Waals surface area (Å²) in [6.07, 6.45) is 3.60. The van der Waals surface area contributed by atoms with Crippen molar-refractivity contribution in [3.8, 4) is 0 Å². The molecule has 0 unspecified atom stereocenters. The van der Waals surface area contributed by atoms with Crippen LogP contribution in [0.3, 0.4) is 0 Å². The molecule has 0 saturated heterocycles. The monoisotopic (exact) mass is 408 g/mol. The highest BCUT2D eigenvalue weighted by Crippen LogP contribution is 2.36. The molecule has 1 aliphatic heterocycles. The Hall–Kier alpha value is -3.75. The number of nitrogens with zero attached hydrogens (tertiary/aromatic N) is 2. The maximum atomic E-state index is 12.6. The van der Waals surface area contributed by atoms with E-state index in [9.17, 15) is 24.5 Å². The average molecular weight is 408 g/mol. The predicted molar refractivity (Wildman–Crippen MR) is 110 cm³/mol. The van der Waals surface area contributed by atoms with Crippen LogP contribution in [-0.4, -0.2) is 29.2 Å². The van der Waals surface area contributed by atoms with Gasteiger partial charge >= 0.3 is 11.8 Å². The number of rotatable bonds is 4. The predicted octanol–water partition coefficient (Wildman–Crippen LogP) is 2.86. The van der Waals surface area contributed by atoms with Crippen molar-refractivity contribution in [3.05, 3.63) is 58.1 Å². The summed E-state index contributed by atoms with van der Waals surface area (Å²) in [7, 11) is 0. The zero-order valence-corrected chi connectivity index (χ0v) is 16.1. The third kappa shape index (κ3) is 4.14. The lowest BCUT2D eigenvalue weighted by Crippen LogP contribution is -2.36. The van der Waals surface area contributed by atoms with E-state index in [4.69, 9.17) is 0 Å². The Balaban J connectivity index is 1.44. The number of carbonyl (C=O) groups is 3. The van der Waals surface area contributed by atoms with Crippen molar-refractivity contribution in [2.75, 3.05) is 22.1 Å². The molecule has 0 atom stereocenters. The molecule has 2 aliphatic rings. The molecule has 0 aromatic heterocycles. The summed E-state index contributed by atoms with van der Waals surface area (Å²) in [4.78, 5) is 48.9. The zero-order valence-electron chi connectivity index (χ0n) is 16.1. The number of hydrogen-bond acceptors (Lipinski definition) is 5. The van der Waals surface area contributed by atoms with Gasteiger partial charge in [0.05, 0.1) is 4.92 Å². The largest absolute Gasteiger partial charge is 0.318 e. The van der Waals surface area contributed by atoms with E-state index < -0.39 is 16.7 Å². The van der Waals surface area contributed by atoms with Crippen LogP contribution in [0.5, 0.6) is 0 Å². The number of nitro groups is 1. The minimum atomic E-state index is -0.896. The number of carbonyl (C=O) groups excluding carboxylic acids is 3. The summed E-state index contributed by atoms with van der Waals surface area (Å²) in [6, 6.07) is 10.5. The molecule has 2 N–H and O–H groups in total. The number of hydrogen-bond donors (Lipinski definition) is 2. The average Bonchev–Trinajstić information content (AvgIpc) is 3.58. The van der Waals surface area contributed by atoms with Gasteiger partial charge in [-0.2, -0.15) is 0 Å². The lowest BCUT2D eigenvalue weighted by atomic mass is 10.0. The molecule has 1 fully saturated rings. The van der Waals surface area contributed by atoms with Crippen LogP contribution in [0.4, 0.5) is 22.7 Å². The second-order valence-corrected chi connectivity index (χ2v) is 7.42. The fourth-order valence-corrected chi connectivity index (χ4v) is 3.47. The number of anilines is 3. The van der Waals surface area contributed by atoms with Gasteiger partial charge in [-0.1, -0.05) is 6.07 Å². The summed E-state index contributed by atoms with van der Waals surface area (Å²) >= 11 is 0. The normalized spacial score (nSPS) is 15.1. The second kappa shape index (κ2) is 7.94. The number of benzene rings is 2. The van der Waals surface area contributed by atoms with Gasteiger partial charge in [0, 0.05) is 41.7 Å². The molecule has 1 heterocycles. The Kier molecular flexibility index (Phi) is 5.18. The molecule has 1 saturated carbocycles. The summed E-state index contributed by atoms with van der Waals surface area (Å²) in [5.41, 5.74) is 2.41. The molecule has 30 heavy (non-hydrogen) atoms. The molecule has 9 heteroatoms. The lowest BCUT2D eigenvalue weighted by molar-refractivity contribution is -0.384. The third-order valence-corrected chi connectivity index (χ3v) is 5.20. The van der Waals surface area contributed by atoms with Crippen molar-refractivity contribution < 1.29 is 19.3 Å². The number of non-ortho nitro benzene ring substituents is 1. The fraction of sp³-hybridized carbons (Fsp3) is 0.286. The summed E-state index contributed by atoms with van der Waals surface area (Å²) in [5.74, 6) is -1.55. The Labute approximate surface area is 172 Å². The van der Waals surface area contributed by atoms with Crippen molar-refractivity contribution in [3.63, 3.8) is 0 Å². The van der Waals surface area contributed by atoms with Crippen LogP contribution >= 0.6 is 0 Å². The topological polar surface area (TPSA) is 122 Å². The number of aryl methyl sites for hydroxylation is 1. The molecule has 4 rings (SSSR count). The maximum Gasteiger partial charge on any atom is 0.314 e. The number of nitrogens with one attached hydrogen (secondary N) is 2. The quantitative estimate of drug-likeness (QED) is 0.458. The molecule has 0 radical (unpaired) electrons. The first-order valence-electron chi connectivity index (χ1n) is 9.73. The number of fused-ring (bicyclic) bond motifs is 1. The smallest absolute Gasteiger partial charge is 0.314 e. The van der Waals surface area contributed by atoms with Crippen molar-refractivity contribution in [1.29, 1.82) is 0 Å². The molecule has 0 spiro atoms. The van der Waals surface area contributed by atoms with E-state index in [2.05, 4.69) is 10.6 Å². The molecule has 9 nitrogen and oxygen atoms in total. The van der Waals surface area contributed by atoms with Crippen molar-refractivity contribution >= 4 is 40.5 Å². The highest BCUT2D eigenvalue weighted by atomic mass is 16.6. The van der Waals surface area contributed by atoms with E-state index in [0.717, 1.165) is 36.9 Å². The second-order valence-electron chi connectivity index (χ2n) is 7.42. The first-order chi connectivity index (χ1) is 14.4. The first kappa shape index (κ1) is 19.6. The summed E-state index contributed by atoms with van der Waals surface area (Å²) in [5, 5.41) is 15.6. The van der Waals surface area contributed by atoms with E-state index in [1.807, 2.05) is 6.07 Å². The van der Waals surface area contributed by atoms with Gasteiger partial charge in [0.1, 0.15) is 0 Å². The van der Waals surface area contributed by atoms with E-state index in [1.54, 1.807) is 17.0 Å². The van der Waals surface area contributed by atoms with Gasteiger partial charge in [0.2, 0.25) is 5.91 Å². The minimum absolute atomic E-state index is 0.0988. The van der Waals surface area contributed by atoms with Gasteiger partial charge in [-0.15, -0.1) is 0 Å².